The first kappa shape index (κ1) is 17.7. The van der Waals surface area contributed by atoms with E-state index in [0.29, 0.717) is 23.8 Å². The van der Waals surface area contributed by atoms with Gasteiger partial charge in [-0.3, -0.25) is 4.79 Å². The Balaban J connectivity index is 1.92. The molecule has 5 heteroatoms. The van der Waals surface area contributed by atoms with Gasteiger partial charge in [-0.2, -0.15) is 0 Å². The molecule has 2 aromatic carbocycles. The summed E-state index contributed by atoms with van der Waals surface area (Å²) in [4.78, 5) is 12.2. The van der Waals surface area contributed by atoms with Gasteiger partial charge in [-0.1, -0.05) is 18.2 Å². The lowest BCUT2D eigenvalue weighted by molar-refractivity contribution is -0.127. The molecule has 1 N–H and O–H groups in total. The van der Waals surface area contributed by atoms with Gasteiger partial charge >= 0.3 is 0 Å². The standard InChI is InChI=1S/C19H23NO4/c1-13-6-5-7-16(10-13)24-14(2)19(21)20-12-15-8-9-17(22-3)18(11-15)23-4/h5-11,14H,12H2,1-4H3,(H,20,21)/t14-/m0/s1. The molecular weight excluding hydrogens is 306 g/mol. The van der Waals surface area contributed by atoms with Gasteiger partial charge in [0.25, 0.3) is 5.91 Å². The van der Waals surface area contributed by atoms with Crippen LogP contribution in [0.3, 0.4) is 0 Å². The van der Waals surface area contributed by atoms with Crippen LogP contribution in [0, 0.1) is 6.92 Å². The number of hydrogen-bond donors (Lipinski definition) is 1. The van der Waals surface area contributed by atoms with Gasteiger partial charge in [0.1, 0.15) is 5.75 Å². The van der Waals surface area contributed by atoms with Gasteiger partial charge in [0.15, 0.2) is 17.6 Å². The Bertz CT molecular complexity index is 700. The van der Waals surface area contributed by atoms with Crippen LogP contribution in [0.25, 0.3) is 0 Å². The van der Waals surface area contributed by atoms with Crippen molar-refractivity contribution < 1.29 is 19.0 Å². The summed E-state index contributed by atoms with van der Waals surface area (Å²) in [5.41, 5.74) is 2.01. The van der Waals surface area contributed by atoms with Gasteiger partial charge in [-0.25, -0.2) is 0 Å². The molecule has 0 saturated heterocycles. The molecule has 1 atom stereocenters. The van der Waals surface area contributed by atoms with Gasteiger partial charge in [0.2, 0.25) is 0 Å². The molecule has 0 bridgehead atoms. The van der Waals surface area contributed by atoms with Crippen LogP contribution in [0.15, 0.2) is 42.5 Å². The van der Waals surface area contributed by atoms with Crippen LogP contribution in [0.5, 0.6) is 17.2 Å². The maximum Gasteiger partial charge on any atom is 0.261 e. The van der Waals surface area contributed by atoms with Crippen molar-refractivity contribution in [3.63, 3.8) is 0 Å². The first-order valence-corrected chi connectivity index (χ1v) is 7.75. The lowest BCUT2D eigenvalue weighted by atomic mass is 10.2. The number of benzene rings is 2. The fourth-order valence-corrected chi connectivity index (χ4v) is 2.27. The van der Waals surface area contributed by atoms with Crippen LogP contribution in [0.2, 0.25) is 0 Å². The zero-order valence-corrected chi connectivity index (χ0v) is 14.5. The summed E-state index contributed by atoms with van der Waals surface area (Å²) in [5, 5.41) is 2.86. The molecule has 0 radical (unpaired) electrons. The van der Waals surface area contributed by atoms with Crippen LogP contribution in [-0.4, -0.2) is 26.2 Å². The molecule has 2 rings (SSSR count). The molecule has 0 unspecified atom stereocenters. The van der Waals surface area contributed by atoms with E-state index in [1.54, 1.807) is 21.1 Å². The number of amides is 1. The van der Waals surface area contributed by atoms with Crippen molar-refractivity contribution in [2.24, 2.45) is 0 Å². The number of carbonyl (C=O) groups is 1. The molecule has 0 aliphatic heterocycles. The SMILES string of the molecule is COc1ccc(CNC(=O)[C@H](C)Oc2cccc(C)c2)cc1OC. The second-order valence-corrected chi connectivity index (χ2v) is 5.48. The zero-order valence-electron chi connectivity index (χ0n) is 14.5. The van der Waals surface area contributed by atoms with Crippen molar-refractivity contribution in [1.82, 2.24) is 5.32 Å². The Morgan fingerprint density at radius 1 is 1.08 bits per heavy atom. The van der Waals surface area contributed by atoms with Crippen molar-refractivity contribution in [3.8, 4) is 17.2 Å². The summed E-state index contributed by atoms with van der Waals surface area (Å²) in [6.45, 7) is 4.10. The van der Waals surface area contributed by atoms with E-state index in [9.17, 15) is 4.79 Å². The Morgan fingerprint density at radius 3 is 2.50 bits per heavy atom. The highest BCUT2D eigenvalue weighted by Gasteiger charge is 2.14. The lowest BCUT2D eigenvalue weighted by Gasteiger charge is -2.15. The summed E-state index contributed by atoms with van der Waals surface area (Å²) in [7, 11) is 3.17. The highest BCUT2D eigenvalue weighted by atomic mass is 16.5. The van der Waals surface area contributed by atoms with Crippen LogP contribution < -0.4 is 19.5 Å². The number of methoxy groups -OCH3 is 2. The average Bonchev–Trinajstić information content (AvgIpc) is 2.59. The van der Waals surface area contributed by atoms with E-state index in [-0.39, 0.29) is 5.91 Å². The molecule has 24 heavy (non-hydrogen) atoms. The lowest BCUT2D eigenvalue weighted by Crippen LogP contribution is -2.35. The number of hydrogen-bond acceptors (Lipinski definition) is 4. The summed E-state index contributed by atoms with van der Waals surface area (Å²) in [5.74, 6) is 1.80. The molecule has 0 spiro atoms. The summed E-state index contributed by atoms with van der Waals surface area (Å²) >= 11 is 0. The fraction of sp³-hybridized carbons (Fsp3) is 0.316. The topological polar surface area (TPSA) is 56.8 Å². The van der Waals surface area contributed by atoms with Gasteiger partial charge in [-0.05, 0) is 49.2 Å². The minimum Gasteiger partial charge on any atom is -0.493 e. The molecule has 0 aromatic heterocycles. The second kappa shape index (κ2) is 8.24. The van der Waals surface area contributed by atoms with E-state index in [0.717, 1.165) is 11.1 Å². The number of rotatable bonds is 7. The van der Waals surface area contributed by atoms with E-state index < -0.39 is 6.10 Å². The average molecular weight is 329 g/mol. The first-order valence-electron chi connectivity index (χ1n) is 7.75. The smallest absolute Gasteiger partial charge is 0.261 e. The van der Waals surface area contributed by atoms with Crippen LogP contribution in [0.4, 0.5) is 0 Å². The number of ether oxygens (including phenoxy) is 3. The maximum atomic E-state index is 12.2. The predicted molar refractivity (Wildman–Crippen MR) is 92.7 cm³/mol. The molecule has 5 nitrogen and oxygen atoms in total. The monoisotopic (exact) mass is 329 g/mol. The Labute approximate surface area is 142 Å². The van der Waals surface area contributed by atoms with Gasteiger partial charge in [0.05, 0.1) is 14.2 Å². The molecule has 0 saturated carbocycles. The Hall–Kier alpha value is -2.69. The minimum atomic E-state index is -0.577. The van der Waals surface area contributed by atoms with Crippen molar-refractivity contribution in [2.45, 2.75) is 26.5 Å². The van der Waals surface area contributed by atoms with E-state index in [1.807, 2.05) is 49.4 Å². The Kier molecular flexibility index (Phi) is 6.07. The summed E-state index contributed by atoms with van der Waals surface area (Å²) in [6, 6.07) is 13.2. The molecule has 128 valence electrons. The van der Waals surface area contributed by atoms with E-state index in [1.165, 1.54) is 0 Å². The molecule has 0 fully saturated rings. The van der Waals surface area contributed by atoms with Gasteiger partial charge in [-0.15, -0.1) is 0 Å². The van der Waals surface area contributed by atoms with Crippen LogP contribution in [0.1, 0.15) is 18.1 Å². The van der Waals surface area contributed by atoms with Gasteiger partial charge in [0, 0.05) is 6.54 Å². The van der Waals surface area contributed by atoms with E-state index in [2.05, 4.69) is 5.32 Å². The van der Waals surface area contributed by atoms with Crippen molar-refractivity contribution >= 4 is 5.91 Å². The molecular formula is C19H23NO4. The third kappa shape index (κ3) is 4.65. The van der Waals surface area contributed by atoms with Crippen LogP contribution in [-0.2, 0) is 11.3 Å². The first-order chi connectivity index (χ1) is 11.5. The molecule has 0 heterocycles. The quantitative estimate of drug-likeness (QED) is 0.848. The summed E-state index contributed by atoms with van der Waals surface area (Å²) < 4.78 is 16.1. The van der Waals surface area contributed by atoms with Crippen molar-refractivity contribution in [3.05, 3.63) is 53.6 Å². The number of aryl methyl sites for hydroxylation is 1. The number of nitrogens with one attached hydrogen (secondary N) is 1. The van der Waals surface area contributed by atoms with E-state index in [4.69, 9.17) is 14.2 Å². The maximum absolute atomic E-state index is 12.2. The van der Waals surface area contributed by atoms with Crippen LogP contribution >= 0.6 is 0 Å². The minimum absolute atomic E-state index is 0.175. The third-order valence-corrected chi connectivity index (χ3v) is 3.59. The zero-order chi connectivity index (χ0) is 17.5. The Morgan fingerprint density at radius 2 is 1.83 bits per heavy atom. The van der Waals surface area contributed by atoms with Crippen molar-refractivity contribution in [1.29, 1.82) is 0 Å². The third-order valence-electron chi connectivity index (χ3n) is 3.59. The predicted octanol–water partition coefficient (Wildman–Crippen LogP) is 3.10. The fourth-order valence-electron chi connectivity index (χ4n) is 2.27. The second-order valence-electron chi connectivity index (χ2n) is 5.48. The van der Waals surface area contributed by atoms with E-state index >= 15 is 0 Å². The molecule has 2 aromatic rings. The molecule has 0 aliphatic carbocycles. The molecule has 1 amide bonds. The normalized spacial score (nSPS) is 11.5. The van der Waals surface area contributed by atoms with Gasteiger partial charge < -0.3 is 19.5 Å². The highest BCUT2D eigenvalue weighted by Crippen LogP contribution is 2.27. The highest BCUT2D eigenvalue weighted by molar-refractivity contribution is 5.80. The molecule has 0 aliphatic rings. The largest absolute Gasteiger partial charge is 0.493 e. The summed E-state index contributed by atoms with van der Waals surface area (Å²) in [6.07, 6.45) is -0.577. The number of carbonyl (C=O) groups excluding carboxylic acids is 1. The van der Waals surface area contributed by atoms with Crippen molar-refractivity contribution in [2.75, 3.05) is 14.2 Å².